The molecule has 0 radical (unpaired) electrons. The summed E-state index contributed by atoms with van der Waals surface area (Å²) in [5, 5.41) is 0.444. The Morgan fingerprint density at radius 1 is 1.62 bits per heavy atom. The average Bonchev–Trinajstić information content (AvgIpc) is 2.30. The lowest BCUT2D eigenvalue weighted by atomic mass is 10.1. The van der Waals surface area contributed by atoms with Gasteiger partial charge >= 0.3 is 0 Å². The predicted octanol–water partition coefficient (Wildman–Crippen LogP) is 3.29. The van der Waals surface area contributed by atoms with Crippen LogP contribution in [-0.4, -0.2) is 11.0 Å². The Kier molecular flexibility index (Phi) is 5.82. The van der Waals surface area contributed by atoms with E-state index in [1.807, 2.05) is 24.3 Å². The van der Waals surface area contributed by atoms with Crippen molar-refractivity contribution in [2.75, 3.05) is 0 Å². The maximum absolute atomic E-state index is 9.73. The van der Waals surface area contributed by atoms with E-state index < -0.39 is 8.38 Å². The highest BCUT2D eigenvalue weighted by molar-refractivity contribution is 7.51. The summed E-state index contributed by atoms with van der Waals surface area (Å²) in [5.41, 5.74) is 0. The van der Waals surface area contributed by atoms with E-state index >= 15 is 0 Å². The van der Waals surface area contributed by atoms with Gasteiger partial charge in [0.2, 0.25) is 8.38 Å². The summed E-state index contributed by atoms with van der Waals surface area (Å²) in [6, 6.07) is 0. The monoisotopic (exact) mass is 234 g/mol. The smallest absolute Gasteiger partial charge is 0.211 e. The zero-order valence-corrected chi connectivity index (χ0v) is 9.99. The summed E-state index contributed by atoms with van der Waals surface area (Å²) >= 11 is 0. The molecule has 0 heterocycles. The Balaban J connectivity index is 2.40. The molecule has 2 atom stereocenters. The van der Waals surface area contributed by atoms with Crippen molar-refractivity contribution in [3.63, 3.8) is 0 Å². The van der Waals surface area contributed by atoms with Gasteiger partial charge in [0.1, 0.15) is 0 Å². The van der Waals surface area contributed by atoms with Crippen molar-refractivity contribution >= 4 is 8.38 Å². The Morgan fingerprint density at radius 2 is 2.44 bits per heavy atom. The SMILES string of the molecule is C=CCC#CC(=C)P(O)OC1C=CC=CC1. The molecular weight excluding hydrogens is 219 g/mol. The molecule has 0 aromatic heterocycles. The van der Waals surface area contributed by atoms with E-state index in [0.29, 0.717) is 11.7 Å². The highest BCUT2D eigenvalue weighted by atomic mass is 31.2. The summed E-state index contributed by atoms with van der Waals surface area (Å²) in [5.74, 6) is 5.60. The molecule has 84 valence electrons. The highest BCUT2D eigenvalue weighted by Gasteiger charge is 2.14. The molecule has 0 saturated carbocycles. The van der Waals surface area contributed by atoms with Crippen molar-refractivity contribution in [1.29, 1.82) is 0 Å². The molecular formula is C13H15O2P. The van der Waals surface area contributed by atoms with E-state index in [9.17, 15) is 4.89 Å². The third-order valence-electron chi connectivity index (χ3n) is 1.89. The van der Waals surface area contributed by atoms with Gasteiger partial charge in [-0.25, -0.2) is 0 Å². The lowest BCUT2D eigenvalue weighted by molar-refractivity contribution is 0.254. The van der Waals surface area contributed by atoms with Crippen molar-refractivity contribution < 1.29 is 9.42 Å². The normalized spacial score (nSPS) is 19.7. The molecule has 0 fully saturated rings. The van der Waals surface area contributed by atoms with Crippen LogP contribution in [0.1, 0.15) is 12.8 Å². The van der Waals surface area contributed by atoms with Crippen LogP contribution in [0.4, 0.5) is 0 Å². The van der Waals surface area contributed by atoms with E-state index in [4.69, 9.17) is 4.52 Å². The van der Waals surface area contributed by atoms with Gasteiger partial charge in [-0.3, -0.25) is 0 Å². The van der Waals surface area contributed by atoms with Gasteiger partial charge in [0.05, 0.1) is 11.4 Å². The third-order valence-corrected chi connectivity index (χ3v) is 2.93. The second kappa shape index (κ2) is 7.19. The molecule has 0 amide bonds. The molecule has 1 N–H and O–H groups in total. The van der Waals surface area contributed by atoms with Crippen LogP contribution in [0.5, 0.6) is 0 Å². The number of hydrogen-bond donors (Lipinski definition) is 1. The van der Waals surface area contributed by atoms with E-state index in [1.165, 1.54) is 0 Å². The van der Waals surface area contributed by atoms with Crippen molar-refractivity contribution in [3.05, 3.63) is 48.9 Å². The second-order valence-corrected chi connectivity index (χ2v) is 4.50. The van der Waals surface area contributed by atoms with Gasteiger partial charge in [0, 0.05) is 6.42 Å². The van der Waals surface area contributed by atoms with Gasteiger partial charge in [-0.2, -0.15) is 0 Å². The minimum atomic E-state index is -1.67. The summed E-state index contributed by atoms with van der Waals surface area (Å²) in [6.45, 7) is 7.25. The first-order valence-corrected chi connectivity index (χ1v) is 6.23. The Morgan fingerprint density at radius 3 is 3.06 bits per heavy atom. The minimum Gasteiger partial charge on any atom is -0.346 e. The first-order valence-electron chi connectivity index (χ1n) is 5.02. The van der Waals surface area contributed by atoms with Crippen LogP contribution in [0, 0.1) is 11.8 Å². The van der Waals surface area contributed by atoms with Crippen LogP contribution in [0.3, 0.4) is 0 Å². The van der Waals surface area contributed by atoms with Crippen molar-refractivity contribution in [2.45, 2.75) is 18.9 Å². The maximum Gasteiger partial charge on any atom is 0.211 e. The fourth-order valence-corrected chi connectivity index (χ4v) is 1.82. The van der Waals surface area contributed by atoms with Crippen LogP contribution < -0.4 is 0 Å². The van der Waals surface area contributed by atoms with Crippen molar-refractivity contribution in [3.8, 4) is 11.8 Å². The summed E-state index contributed by atoms with van der Waals surface area (Å²) < 4.78 is 5.44. The standard InChI is InChI=1S/C13H15O2P/c1-3-4-6-9-12(2)16(14)15-13-10-7-5-8-11-13/h3,5,7-8,10,13-14H,1-2,4,11H2. The Hall–Kier alpha value is -1.13. The fourth-order valence-electron chi connectivity index (χ4n) is 1.10. The molecule has 1 aliphatic rings. The van der Waals surface area contributed by atoms with Gasteiger partial charge in [-0.15, -0.1) is 6.58 Å². The van der Waals surface area contributed by atoms with Crippen LogP contribution in [0.15, 0.2) is 48.9 Å². The molecule has 2 unspecified atom stereocenters. The lowest BCUT2D eigenvalue weighted by Gasteiger charge is -2.17. The summed E-state index contributed by atoms with van der Waals surface area (Å²) in [6.07, 6.45) is 10.8. The zero-order valence-electron chi connectivity index (χ0n) is 9.10. The van der Waals surface area contributed by atoms with E-state index in [-0.39, 0.29) is 6.10 Å². The highest BCUT2D eigenvalue weighted by Crippen LogP contribution is 2.42. The molecule has 1 rings (SSSR count). The van der Waals surface area contributed by atoms with E-state index in [1.54, 1.807) is 6.08 Å². The van der Waals surface area contributed by atoms with Gasteiger partial charge in [0.25, 0.3) is 0 Å². The van der Waals surface area contributed by atoms with Crippen LogP contribution in [-0.2, 0) is 4.52 Å². The molecule has 0 bridgehead atoms. The summed E-state index contributed by atoms with van der Waals surface area (Å²) in [4.78, 5) is 9.73. The molecule has 2 nitrogen and oxygen atoms in total. The lowest BCUT2D eigenvalue weighted by Crippen LogP contribution is -2.07. The number of allylic oxidation sites excluding steroid dienone is 4. The third kappa shape index (κ3) is 4.59. The molecule has 0 aromatic rings. The summed E-state index contributed by atoms with van der Waals surface area (Å²) in [7, 11) is -1.67. The Bertz CT molecular complexity index is 371. The number of hydrogen-bond acceptors (Lipinski definition) is 2. The Labute approximate surface area is 97.9 Å². The molecule has 0 aliphatic heterocycles. The maximum atomic E-state index is 9.73. The van der Waals surface area contributed by atoms with Crippen molar-refractivity contribution in [2.24, 2.45) is 0 Å². The van der Waals surface area contributed by atoms with E-state index in [2.05, 4.69) is 25.0 Å². The molecule has 16 heavy (non-hydrogen) atoms. The minimum absolute atomic E-state index is 0.0703. The molecule has 1 aliphatic carbocycles. The van der Waals surface area contributed by atoms with E-state index in [0.717, 1.165) is 6.42 Å². The van der Waals surface area contributed by atoms with Gasteiger partial charge < -0.3 is 9.42 Å². The zero-order chi connectivity index (χ0) is 11.8. The topological polar surface area (TPSA) is 29.5 Å². The number of rotatable bonds is 4. The van der Waals surface area contributed by atoms with Crippen LogP contribution in [0.2, 0.25) is 0 Å². The van der Waals surface area contributed by atoms with Crippen LogP contribution in [0.25, 0.3) is 0 Å². The average molecular weight is 234 g/mol. The van der Waals surface area contributed by atoms with Gasteiger partial charge in [0.15, 0.2) is 0 Å². The molecule has 0 saturated heterocycles. The molecule has 0 aromatic carbocycles. The van der Waals surface area contributed by atoms with Gasteiger partial charge in [-0.1, -0.05) is 48.8 Å². The first-order chi connectivity index (χ1) is 7.74. The fraction of sp³-hybridized carbons (Fsp3) is 0.231. The molecule has 3 heteroatoms. The quantitative estimate of drug-likeness (QED) is 0.459. The van der Waals surface area contributed by atoms with Crippen LogP contribution >= 0.6 is 8.38 Å². The predicted molar refractivity (Wildman–Crippen MR) is 68.6 cm³/mol. The first kappa shape index (κ1) is 12.9. The van der Waals surface area contributed by atoms with Crippen molar-refractivity contribution in [1.82, 2.24) is 0 Å². The second-order valence-electron chi connectivity index (χ2n) is 3.21. The molecule has 0 spiro atoms. The van der Waals surface area contributed by atoms with Gasteiger partial charge in [-0.05, 0) is 6.42 Å². The largest absolute Gasteiger partial charge is 0.346 e.